The van der Waals surface area contributed by atoms with Gasteiger partial charge >= 0.3 is 0 Å². The molecule has 0 N–H and O–H groups in total. The summed E-state index contributed by atoms with van der Waals surface area (Å²) in [6.07, 6.45) is 9.36. The van der Waals surface area contributed by atoms with Crippen LogP contribution in [0.4, 0.5) is 0 Å². The van der Waals surface area contributed by atoms with E-state index in [-0.39, 0.29) is 0 Å². The molecule has 0 radical (unpaired) electrons. The van der Waals surface area contributed by atoms with Gasteiger partial charge in [0.25, 0.3) is 0 Å². The fourth-order valence-electron chi connectivity index (χ4n) is 0.908. The molecular formula is C11H22Br4. The molecule has 0 atom stereocenters. The molecule has 0 spiro atoms. The number of halogens is 4. The van der Waals surface area contributed by atoms with Gasteiger partial charge in [0, 0.05) is 21.3 Å². The minimum absolute atomic E-state index is 1.15. The standard InChI is InChI=1S/C6H12Br2.C5H10Br2/c7-5-3-1-2-4-6-8;6-4-2-1-3-5-7/h1-6H2;1-5H2. The van der Waals surface area contributed by atoms with Gasteiger partial charge in [-0.05, 0) is 25.7 Å². The van der Waals surface area contributed by atoms with Crippen molar-refractivity contribution in [1.82, 2.24) is 0 Å². The van der Waals surface area contributed by atoms with Gasteiger partial charge in [0.1, 0.15) is 0 Å². The molecule has 15 heavy (non-hydrogen) atoms. The Morgan fingerprint density at radius 3 is 0.733 bits per heavy atom. The third kappa shape index (κ3) is 25.9. The molecule has 0 fully saturated rings. The SMILES string of the molecule is BrCCCCCBr.BrCCCCCCBr. The van der Waals surface area contributed by atoms with Gasteiger partial charge in [0.15, 0.2) is 0 Å². The van der Waals surface area contributed by atoms with E-state index in [4.69, 9.17) is 0 Å². The summed E-state index contributed by atoms with van der Waals surface area (Å²) in [6, 6.07) is 0. The topological polar surface area (TPSA) is 0 Å². The molecule has 0 unspecified atom stereocenters. The van der Waals surface area contributed by atoms with Crippen LogP contribution in [0, 0.1) is 0 Å². The van der Waals surface area contributed by atoms with E-state index in [2.05, 4.69) is 63.7 Å². The van der Waals surface area contributed by atoms with Crippen molar-refractivity contribution in [2.75, 3.05) is 21.3 Å². The summed E-state index contributed by atoms with van der Waals surface area (Å²) in [5, 5.41) is 4.63. The smallest absolute Gasteiger partial charge is 0.00313 e. The third-order valence-electron chi connectivity index (χ3n) is 1.78. The first kappa shape index (κ1) is 19.3. The lowest BCUT2D eigenvalue weighted by atomic mass is 10.2. The van der Waals surface area contributed by atoms with Gasteiger partial charge in [-0.3, -0.25) is 0 Å². The Labute approximate surface area is 129 Å². The minimum Gasteiger partial charge on any atom is -0.0928 e. The first-order chi connectivity index (χ1) is 7.33. The highest BCUT2D eigenvalue weighted by Gasteiger charge is 1.84. The van der Waals surface area contributed by atoms with Crippen LogP contribution in [0.1, 0.15) is 44.9 Å². The first-order valence-electron chi connectivity index (χ1n) is 5.57. The van der Waals surface area contributed by atoms with Gasteiger partial charge in [-0.25, -0.2) is 0 Å². The van der Waals surface area contributed by atoms with Crippen LogP contribution in [0.2, 0.25) is 0 Å². The van der Waals surface area contributed by atoms with Gasteiger partial charge < -0.3 is 0 Å². The molecule has 0 heterocycles. The normalized spacial score (nSPS) is 9.60. The number of unbranched alkanes of at least 4 members (excludes halogenated alkanes) is 5. The Morgan fingerprint density at radius 2 is 0.533 bits per heavy atom. The van der Waals surface area contributed by atoms with Crippen LogP contribution in [0.25, 0.3) is 0 Å². The molecule has 4 heteroatoms. The number of rotatable bonds is 9. The van der Waals surface area contributed by atoms with Crippen molar-refractivity contribution in [2.45, 2.75) is 44.9 Å². The highest BCUT2D eigenvalue weighted by atomic mass is 79.9. The van der Waals surface area contributed by atoms with Crippen molar-refractivity contribution < 1.29 is 0 Å². The van der Waals surface area contributed by atoms with E-state index in [0.717, 1.165) is 21.3 Å². The lowest BCUT2D eigenvalue weighted by Gasteiger charge is -1.92. The molecule has 0 saturated heterocycles. The van der Waals surface area contributed by atoms with Gasteiger partial charge in [-0.15, -0.1) is 0 Å². The average molecular weight is 474 g/mol. The summed E-state index contributed by atoms with van der Waals surface area (Å²) < 4.78 is 0. The zero-order valence-corrected chi connectivity index (χ0v) is 15.6. The first-order valence-corrected chi connectivity index (χ1v) is 10.1. The predicted octanol–water partition coefficient (Wildman–Crippen LogP) is 6.28. The average Bonchev–Trinajstić information content (AvgIpc) is 2.26. The van der Waals surface area contributed by atoms with Crippen LogP contribution < -0.4 is 0 Å². The molecule has 0 aromatic heterocycles. The van der Waals surface area contributed by atoms with Gasteiger partial charge in [0.05, 0.1) is 0 Å². The van der Waals surface area contributed by atoms with Crippen LogP contribution in [0.15, 0.2) is 0 Å². The van der Waals surface area contributed by atoms with Crippen molar-refractivity contribution in [1.29, 1.82) is 0 Å². The summed E-state index contributed by atoms with van der Waals surface area (Å²) >= 11 is 13.5. The molecule has 0 aliphatic carbocycles. The van der Waals surface area contributed by atoms with Crippen LogP contribution in [0.3, 0.4) is 0 Å². The van der Waals surface area contributed by atoms with Crippen molar-refractivity contribution >= 4 is 63.7 Å². The Kier molecular flexibility index (Phi) is 27.3. The van der Waals surface area contributed by atoms with Crippen molar-refractivity contribution in [2.24, 2.45) is 0 Å². The quantitative estimate of drug-likeness (QED) is 0.273. The van der Waals surface area contributed by atoms with E-state index in [9.17, 15) is 0 Å². The Hall–Kier alpha value is 1.92. The maximum Gasteiger partial charge on any atom is 0.00313 e. The lowest BCUT2D eigenvalue weighted by Crippen LogP contribution is -1.78. The van der Waals surface area contributed by atoms with Crippen molar-refractivity contribution in [3.63, 3.8) is 0 Å². The van der Waals surface area contributed by atoms with E-state index >= 15 is 0 Å². The molecule has 0 aromatic carbocycles. The van der Waals surface area contributed by atoms with Crippen molar-refractivity contribution in [3.05, 3.63) is 0 Å². The minimum atomic E-state index is 1.15. The van der Waals surface area contributed by atoms with Crippen LogP contribution >= 0.6 is 63.7 Å². The maximum absolute atomic E-state index is 3.39. The van der Waals surface area contributed by atoms with Crippen molar-refractivity contribution in [3.8, 4) is 0 Å². The Morgan fingerprint density at radius 1 is 0.333 bits per heavy atom. The molecule has 0 aliphatic rings. The fraction of sp³-hybridized carbons (Fsp3) is 1.00. The Balaban J connectivity index is 0. The summed E-state index contributed by atoms with van der Waals surface area (Å²) in [5.74, 6) is 0. The van der Waals surface area contributed by atoms with Crippen LogP contribution in [-0.2, 0) is 0 Å². The van der Waals surface area contributed by atoms with E-state index in [0.29, 0.717) is 0 Å². The summed E-state index contributed by atoms with van der Waals surface area (Å²) in [4.78, 5) is 0. The maximum atomic E-state index is 3.39. The number of hydrogen-bond acceptors (Lipinski definition) is 0. The second-order valence-electron chi connectivity index (χ2n) is 3.23. The Bertz CT molecular complexity index is 78.7. The van der Waals surface area contributed by atoms with E-state index in [1.54, 1.807) is 0 Å². The van der Waals surface area contributed by atoms with E-state index in [1.165, 1.54) is 44.9 Å². The van der Waals surface area contributed by atoms with Gasteiger partial charge in [0.2, 0.25) is 0 Å². The van der Waals surface area contributed by atoms with E-state index < -0.39 is 0 Å². The zero-order chi connectivity index (χ0) is 11.8. The number of hydrogen-bond donors (Lipinski definition) is 0. The summed E-state index contributed by atoms with van der Waals surface area (Å²) in [5.41, 5.74) is 0. The molecule has 0 bridgehead atoms. The second kappa shape index (κ2) is 21.2. The fourth-order valence-corrected chi connectivity index (χ4v) is 2.49. The molecule has 0 amide bonds. The molecule has 0 aliphatic heterocycles. The monoisotopic (exact) mass is 470 g/mol. The molecular weight excluding hydrogens is 452 g/mol. The third-order valence-corrected chi connectivity index (χ3v) is 4.03. The number of alkyl halides is 4. The summed E-state index contributed by atoms with van der Waals surface area (Å²) in [7, 11) is 0. The van der Waals surface area contributed by atoms with Crippen LogP contribution in [-0.4, -0.2) is 21.3 Å². The lowest BCUT2D eigenvalue weighted by molar-refractivity contribution is 0.715. The molecule has 94 valence electrons. The highest BCUT2D eigenvalue weighted by molar-refractivity contribution is 9.09. The zero-order valence-electron chi connectivity index (χ0n) is 9.29. The van der Waals surface area contributed by atoms with Crippen LogP contribution in [0.5, 0.6) is 0 Å². The molecule has 0 aromatic rings. The van der Waals surface area contributed by atoms with Gasteiger partial charge in [-0.1, -0.05) is 83.0 Å². The highest BCUT2D eigenvalue weighted by Crippen LogP contribution is 2.02. The van der Waals surface area contributed by atoms with Gasteiger partial charge in [-0.2, -0.15) is 0 Å². The molecule has 0 nitrogen and oxygen atoms in total. The largest absolute Gasteiger partial charge is 0.0928 e. The molecule has 0 saturated carbocycles. The molecule has 0 rings (SSSR count). The van der Waals surface area contributed by atoms with E-state index in [1.807, 2.05) is 0 Å². The second-order valence-corrected chi connectivity index (χ2v) is 6.40. The summed E-state index contributed by atoms with van der Waals surface area (Å²) in [6.45, 7) is 0. The predicted molar refractivity (Wildman–Crippen MR) is 87.5 cm³/mol.